The maximum atomic E-state index is 14.4. The highest BCUT2D eigenvalue weighted by Crippen LogP contribution is 2.35. The Labute approximate surface area is 128 Å². The van der Waals surface area contributed by atoms with Gasteiger partial charge in [0.15, 0.2) is 0 Å². The standard InChI is InChI=1S/C13H9BrClFN2S/c1-19-13-9-5-7(3-2-4-17)11(14)12(16)8(9)6-10(15)18-13/h5-6H,2-3H2,1H3. The monoisotopic (exact) mass is 358 g/mol. The summed E-state index contributed by atoms with van der Waals surface area (Å²) in [6.07, 6.45) is 2.71. The van der Waals surface area contributed by atoms with E-state index in [4.69, 9.17) is 16.9 Å². The van der Waals surface area contributed by atoms with Crippen molar-refractivity contribution in [1.82, 2.24) is 4.98 Å². The Balaban J connectivity index is 2.73. The molecule has 0 atom stereocenters. The van der Waals surface area contributed by atoms with Crippen LogP contribution in [-0.4, -0.2) is 11.2 Å². The number of benzene rings is 1. The molecule has 2 rings (SSSR count). The van der Waals surface area contributed by atoms with Crippen molar-refractivity contribution in [2.45, 2.75) is 17.9 Å². The van der Waals surface area contributed by atoms with E-state index in [9.17, 15) is 4.39 Å². The van der Waals surface area contributed by atoms with Crippen LogP contribution >= 0.6 is 39.3 Å². The SMILES string of the molecule is CSc1nc(Cl)cc2c(F)c(Br)c(CCC#N)cc12. The van der Waals surface area contributed by atoms with Gasteiger partial charge in [0.1, 0.15) is 16.0 Å². The second kappa shape index (κ2) is 6.08. The third-order valence-electron chi connectivity index (χ3n) is 2.72. The molecule has 0 unspecified atom stereocenters. The summed E-state index contributed by atoms with van der Waals surface area (Å²) >= 11 is 10.6. The van der Waals surface area contributed by atoms with E-state index in [-0.39, 0.29) is 11.0 Å². The van der Waals surface area contributed by atoms with Crippen molar-refractivity contribution in [3.63, 3.8) is 0 Å². The van der Waals surface area contributed by atoms with Crippen molar-refractivity contribution in [1.29, 1.82) is 5.26 Å². The molecule has 0 aliphatic carbocycles. The summed E-state index contributed by atoms with van der Waals surface area (Å²) in [6.45, 7) is 0. The minimum absolute atomic E-state index is 0.271. The van der Waals surface area contributed by atoms with Crippen LogP contribution in [-0.2, 0) is 6.42 Å². The number of rotatable bonds is 3. The summed E-state index contributed by atoms with van der Waals surface area (Å²) in [5, 5.41) is 10.8. The smallest absolute Gasteiger partial charge is 0.145 e. The zero-order valence-corrected chi connectivity index (χ0v) is 13.2. The first kappa shape index (κ1) is 14.6. The van der Waals surface area contributed by atoms with E-state index in [0.29, 0.717) is 27.7 Å². The number of aromatic nitrogens is 1. The summed E-state index contributed by atoms with van der Waals surface area (Å²) < 4.78 is 14.8. The molecule has 0 aliphatic rings. The molecule has 1 aromatic heterocycles. The average Bonchev–Trinajstić information content (AvgIpc) is 2.41. The van der Waals surface area contributed by atoms with Gasteiger partial charge in [-0.1, -0.05) is 11.6 Å². The number of aryl methyl sites for hydroxylation is 1. The molecule has 1 aromatic carbocycles. The van der Waals surface area contributed by atoms with Crippen LogP contribution in [0.15, 0.2) is 21.6 Å². The second-order valence-electron chi connectivity index (χ2n) is 3.87. The van der Waals surface area contributed by atoms with Crippen molar-refractivity contribution in [3.05, 3.63) is 33.1 Å². The van der Waals surface area contributed by atoms with E-state index in [1.54, 1.807) is 0 Å². The van der Waals surface area contributed by atoms with Crippen molar-refractivity contribution in [2.24, 2.45) is 0 Å². The summed E-state index contributed by atoms with van der Waals surface area (Å²) in [4.78, 5) is 4.19. The van der Waals surface area contributed by atoms with Gasteiger partial charge in [-0.2, -0.15) is 5.26 Å². The van der Waals surface area contributed by atoms with Gasteiger partial charge in [0.25, 0.3) is 0 Å². The van der Waals surface area contributed by atoms with E-state index < -0.39 is 0 Å². The first-order chi connectivity index (χ1) is 9.08. The molecule has 6 heteroatoms. The fraction of sp³-hybridized carbons (Fsp3) is 0.231. The van der Waals surface area contributed by atoms with Crippen LogP contribution in [0.5, 0.6) is 0 Å². The molecule has 0 spiro atoms. The summed E-state index contributed by atoms with van der Waals surface area (Å²) in [5.41, 5.74) is 0.769. The van der Waals surface area contributed by atoms with Crippen LogP contribution < -0.4 is 0 Å². The van der Waals surface area contributed by atoms with Gasteiger partial charge in [-0.3, -0.25) is 0 Å². The summed E-state index contributed by atoms with van der Waals surface area (Å²) in [5.74, 6) is -0.356. The molecule has 0 N–H and O–H groups in total. The van der Waals surface area contributed by atoms with Crippen molar-refractivity contribution in [2.75, 3.05) is 6.26 Å². The van der Waals surface area contributed by atoms with Crippen molar-refractivity contribution >= 4 is 50.1 Å². The molecule has 0 radical (unpaired) electrons. The third kappa shape index (κ3) is 2.86. The van der Waals surface area contributed by atoms with Gasteiger partial charge in [-0.05, 0) is 46.3 Å². The zero-order chi connectivity index (χ0) is 14.0. The topological polar surface area (TPSA) is 36.7 Å². The molecule has 19 heavy (non-hydrogen) atoms. The Morgan fingerprint density at radius 2 is 2.21 bits per heavy atom. The van der Waals surface area contributed by atoms with E-state index >= 15 is 0 Å². The van der Waals surface area contributed by atoms with Crippen LogP contribution in [0, 0.1) is 17.1 Å². The fourth-order valence-corrected chi connectivity index (χ4v) is 3.20. The van der Waals surface area contributed by atoms with Crippen LogP contribution in [0.2, 0.25) is 5.15 Å². The molecule has 0 bridgehead atoms. The first-order valence-electron chi connectivity index (χ1n) is 5.46. The Bertz CT molecular complexity index is 685. The van der Waals surface area contributed by atoms with Crippen LogP contribution in [0.3, 0.4) is 0 Å². The molecule has 0 aliphatic heterocycles. The number of nitriles is 1. The third-order valence-corrected chi connectivity index (χ3v) is 4.47. The van der Waals surface area contributed by atoms with E-state index in [0.717, 1.165) is 10.9 Å². The Hall–Kier alpha value is -0.830. The minimum atomic E-state index is -0.356. The molecule has 98 valence electrons. The predicted molar refractivity (Wildman–Crippen MR) is 80.1 cm³/mol. The molecule has 0 saturated heterocycles. The quantitative estimate of drug-likeness (QED) is 0.573. The second-order valence-corrected chi connectivity index (χ2v) is 5.85. The maximum Gasteiger partial charge on any atom is 0.145 e. The Kier molecular flexibility index (Phi) is 4.67. The van der Waals surface area contributed by atoms with Crippen LogP contribution in [0.25, 0.3) is 10.8 Å². The molecule has 0 amide bonds. The highest BCUT2D eigenvalue weighted by atomic mass is 79.9. The largest absolute Gasteiger partial charge is 0.229 e. The molecule has 2 nitrogen and oxygen atoms in total. The molecule has 2 aromatic rings. The van der Waals surface area contributed by atoms with E-state index in [1.165, 1.54) is 17.8 Å². The molecular weight excluding hydrogens is 351 g/mol. The van der Waals surface area contributed by atoms with Gasteiger partial charge < -0.3 is 0 Å². The van der Waals surface area contributed by atoms with Gasteiger partial charge in [-0.25, -0.2) is 9.37 Å². The minimum Gasteiger partial charge on any atom is -0.229 e. The number of pyridine rings is 1. The average molecular weight is 360 g/mol. The summed E-state index contributed by atoms with van der Waals surface area (Å²) in [7, 11) is 0. The molecule has 0 saturated carbocycles. The van der Waals surface area contributed by atoms with Gasteiger partial charge in [0.05, 0.1) is 10.5 Å². The lowest BCUT2D eigenvalue weighted by Crippen LogP contribution is -1.94. The van der Waals surface area contributed by atoms with Crippen molar-refractivity contribution < 1.29 is 4.39 Å². The number of hydrogen-bond acceptors (Lipinski definition) is 3. The van der Waals surface area contributed by atoms with E-state index in [1.807, 2.05) is 12.3 Å². The molecule has 1 heterocycles. The Morgan fingerprint density at radius 3 is 2.84 bits per heavy atom. The predicted octanol–water partition coefficient (Wildman–Crippen LogP) is 4.97. The fourth-order valence-electron chi connectivity index (χ4n) is 1.85. The molecular formula is C13H9BrClFN2S. The number of fused-ring (bicyclic) bond motifs is 1. The highest BCUT2D eigenvalue weighted by Gasteiger charge is 2.15. The lowest BCUT2D eigenvalue weighted by atomic mass is 10.0. The van der Waals surface area contributed by atoms with Gasteiger partial charge in [-0.15, -0.1) is 11.8 Å². The maximum absolute atomic E-state index is 14.4. The van der Waals surface area contributed by atoms with Gasteiger partial charge in [0, 0.05) is 17.2 Å². The van der Waals surface area contributed by atoms with Gasteiger partial charge >= 0.3 is 0 Å². The normalized spacial score (nSPS) is 10.7. The molecule has 0 fully saturated rings. The zero-order valence-electron chi connectivity index (χ0n) is 10.0. The van der Waals surface area contributed by atoms with Crippen LogP contribution in [0.4, 0.5) is 4.39 Å². The number of nitrogens with zero attached hydrogens (tertiary/aromatic N) is 2. The first-order valence-corrected chi connectivity index (χ1v) is 7.86. The number of halogens is 3. The Morgan fingerprint density at radius 1 is 1.47 bits per heavy atom. The lowest BCUT2D eigenvalue weighted by molar-refractivity contribution is 0.630. The highest BCUT2D eigenvalue weighted by molar-refractivity contribution is 9.10. The van der Waals surface area contributed by atoms with Gasteiger partial charge in [0.2, 0.25) is 0 Å². The number of thioether (sulfide) groups is 1. The van der Waals surface area contributed by atoms with E-state index in [2.05, 4.69) is 27.0 Å². The van der Waals surface area contributed by atoms with Crippen molar-refractivity contribution in [3.8, 4) is 6.07 Å². The van der Waals surface area contributed by atoms with Crippen LogP contribution in [0.1, 0.15) is 12.0 Å². The number of hydrogen-bond donors (Lipinski definition) is 0. The lowest BCUT2D eigenvalue weighted by Gasteiger charge is -2.10. The summed E-state index contributed by atoms with van der Waals surface area (Å²) in [6, 6.07) is 5.45.